The Morgan fingerprint density at radius 2 is 2.26 bits per heavy atom. The van der Waals surface area contributed by atoms with Crippen LogP contribution in [0.25, 0.3) is 11.0 Å². The summed E-state index contributed by atoms with van der Waals surface area (Å²) in [6.07, 6.45) is 7.80. The van der Waals surface area contributed by atoms with E-state index in [1.165, 1.54) is 18.0 Å². The van der Waals surface area contributed by atoms with Crippen LogP contribution in [0.1, 0.15) is 44.6 Å². The summed E-state index contributed by atoms with van der Waals surface area (Å²) in [6.45, 7) is 9.04. The molecule has 2 aliphatic heterocycles. The minimum atomic E-state index is -0.0848. The number of carbonyl (C=O) groups excluding carboxylic acids is 1. The first-order valence-corrected chi connectivity index (χ1v) is 9.60. The second-order valence-electron chi connectivity index (χ2n) is 7.57. The Balaban J connectivity index is 1.60. The van der Waals surface area contributed by atoms with Crippen molar-refractivity contribution in [3.05, 3.63) is 30.7 Å². The van der Waals surface area contributed by atoms with Gasteiger partial charge in [-0.3, -0.25) is 4.79 Å². The fourth-order valence-corrected chi connectivity index (χ4v) is 4.30. The monoisotopic (exact) mass is 370 g/mol. The molecule has 2 saturated heterocycles. The van der Waals surface area contributed by atoms with Gasteiger partial charge in [-0.2, -0.15) is 0 Å². The van der Waals surface area contributed by atoms with Crippen LogP contribution in [0.15, 0.2) is 25.2 Å². The van der Waals surface area contributed by atoms with Crippen LogP contribution in [0, 0.1) is 0 Å². The van der Waals surface area contributed by atoms with Gasteiger partial charge in [0, 0.05) is 25.3 Å². The van der Waals surface area contributed by atoms with E-state index in [-0.39, 0.29) is 24.2 Å². The second kappa shape index (κ2) is 7.31. The highest BCUT2D eigenvalue weighted by Gasteiger charge is 2.34. The van der Waals surface area contributed by atoms with Gasteiger partial charge in [0.1, 0.15) is 18.1 Å². The summed E-state index contributed by atoms with van der Waals surface area (Å²) in [5.41, 5.74) is 1.99. The first-order valence-electron chi connectivity index (χ1n) is 9.60. The van der Waals surface area contributed by atoms with Gasteiger partial charge in [0.2, 0.25) is 11.8 Å². The van der Waals surface area contributed by atoms with Crippen LogP contribution < -0.4 is 4.74 Å². The molecule has 2 unspecified atom stereocenters. The van der Waals surface area contributed by atoms with Crippen molar-refractivity contribution in [2.45, 2.75) is 57.3 Å². The molecule has 4 heterocycles. The summed E-state index contributed by atoms with van der Waals surface area (Å²) in [5.74, 6) is 0.942. The highest BCUT2D eigenvalue weighted by Crippen LogP contribution is 2.37. The number of likely N-dealkylation sites (tertiary alicyclic amines) is 1. The molecule has 144 valence electrons. The molecular weight excluding hydrogens is 344 g/mol. The zero-order valence-corrected chi connectivity index (χ0v) is 15.9. The molecule has 7 nitrogen and oxygen atoms in total. The number of hydrogen-bond acceptors (Lipinski definition) is 5. The standard InChI is InChI=1S/C20H26N4O3/c1-4-17(25)24-10-15(7-12(24)2)27-20-18-16(9-21-19(18)22-11-23-20)14-5-6-26-13(3)8-14/h4,9,11-15H,1,5-8,10H2,2-3H3,(H,21,22,23)/t12-,13?,14?,15+/m0/s1. The van der Waals surface area contributed by atoms with E-state index in [1.807, 2.05) is 13.1 Å². The fourth-order valence-electron chi connectivity index (χ4n) is 4.30. The number of fused-ring (bicyclic) bond motifs is 1. The minimum Gasteiger partial charge on any atom is -0.472 e. The summed E-state index contributed by atoms with van der Waals surface area (Å²) in [7, 11) is 0. The lowest BCUT2D eigenvalue weighted by Gasteiger charge is -2.27. The highest BCUT2D eigenvalue weighted by molar-refractivity contribution is 5.87. The number of H-pyrrole nitrogens is 1. The Morgan fingerprint density at radius 3 is 3.04 bits per heavy atom. The zero-order valence-electron chi connectivity index (χ0n) is 15.9. The molecule has 0 bridgehead atoms. The van der Waals surface area contributed by atoms with Crippen LogP contribution >= 0.6 is 0 Å². The molecular formula is C20H26N4O3. The van der Waals surface area contributed by atoms with Crippen LogP contribution in [0.2, 0.25) is 0 Å². The van der Waals surface area contributed by atoms with Crippen molar-refractivity contribution in [3.8, 4) is 5.88 Å². The van der Waals surface area contributed by atoms with Crippen LogP contribution in [0.5, 0.6) is 5.88 Å². The molecule has 27 heavy (non-hydrogen) atoms. The van der Waals surface area contributed by atoms with Gasteiger partial charge in [0.15, 0.2) is 0 Å². The van der Waals surface area contributed by atoms with E-state index >= 15 is 0 Å². The predicted molar refractivity (Wildman–Crippen MR) is 102 cm³/mol. The van der Waals surface area contributed by atoms with Gasteiger partial charge < -0.3 is 19.4 Å². The Morgan fingerprint density at radius 1 is 1.41 bits per heavy atom. The van der Waals surface area contributed by atoms with E-state index in [0.717, 1.165) is 36.9 Å². The number of nitrogens with zero attached hydrogens (tertiary/aromatic N) is 3. The Kier molecular flexibility index (Phi) is 4.86. The van der Waals surface area contributed by atoms with E-state index in [1.54, 1.807) is 4.90 Å². The highest BCUT2D eigenvalue weighted by atomic mass is 16.5. The zero-order chi connectivity index (χ0) is 19.0. The lowest BCUT2D eigenvalue weighted by Crippen LogP contribution is -2.33. The van der Waals surface area contributed by atoms with Crippen LogP contribution in [0.4, 0.5) is 0 Å². The summed E-state index contributed by atoms with van der Waals surface area (Å²) >= 11 is 0. The van der Waals surface area contributed by atoms with E-state index < -0.39 is 0 Å². The second-order valence-corrected chi connectivity index (χ2v) is 7.57. The molecule has 0 radical (unpaired) electrons. The Bertz CT molecular complexity index is 849. The smallest absolute Gasteiger partial charge is 0.246 e. The Labute approximate surface area is 158 Å². The van der Waals surface area contributed by atoms with Gasteiger partial charge in [0.25, 0.3) is 0 Å². The maximum absolute atomic E-state index is 12.0. The molecule has 2 aromatic heterocycles. The number of carbonyl (C=O) groups is 1. The molecule has 2 aliphatic rings. The van der Waals surface area contributed by atoms with E-state index in [9.17, 15) is 4.79 Å². The maximum Gasteiger partial charge on any atom is 0.246 e. The van der Waals surface area contributed by atoms with Crippen LogP contribution in [0.3, 0.4) is 0 Å². The van der Waals surface area contributed by atoms with Gasteiger partial charge in [-0.05, 0) is 44.2 Å². The number of nitrogens with one attached hydrogen (secondary N) is 1. The SMILES string of the molecule is C=CC(=O)N1C[C@H](Oc2ncnc3[nH]cc(C4CCOC(C)C4)c23)C[C@@H]1C. The molecule has 0 spiro atoms. The number of hydrogen-bond donors (Lipinski definition) is 1. The van der Waals surface area contributed by atoms with Crippen LogP contribution in [-0.2, 0) is 9.53 Å². The lowest BCUT2D eigenvalue weighted by atomic mass is 9.89. The van der Waals surface area contributed by atoms with Gasteiger partial charge in [-0.15, -0.1) is 0 Å². The number of aromatic nitrogens is 3. The van der Waals surface area contributed by atoms with Gasteiger partial charge in [-0.1, -0.05) is 6.58 Å². The minimum absolute atomic E-state index is 0.0556. The number of amides is 1. The normalized spacial score (nSPS) is 28.4. The van der Waals surface area contributed by atoms with Crippen molar-refractivity contribution in [1.82, 2.24) is 19.9 Å². The third kappa shape index (κ3) is 3.43. The van der Waals surface area contributed by atoms with Crippen molar-refractivity contribution < 1.29 is 14.3 Å². The molecule has 0 saturated carbocycles. The average Bonchev–Trinajstić information content (AvgIpc) is 3.25. The fraction of sp³-hybridized carbons (Fsp3) is 0.550. The third-order valence-electron chi connectivity index (χ3n) is 5.66. The largest absolute Gasteiger partial charge is 0.472 e. The van der Waals surface area contributed by atoms with Gasteiger partial charge in [0.05, 0.1) is 18.0 Å². The molecule has 4 rings (SSSR count). The molecule has 7 heteroatoms. The van der Waals surface area contributed by atoms with E-state index in [2.05, 4.69) is 28.5 Å². The average molecular weight is 370 g/mol. The van der Waals surface area contributed by atoms with E-state index in [0.29, 0.717) is 18.3 Å². The molecule has 1 N–H and O–H groups in total. The summed E-state index contributed by atoms with van der Waals surface area (Å²) in [5, 5.41) is 0.956. The van der Waals surface area contributed by atoms with Crippen LogP contribution in [-0.4, -0.2) is 57.2 Å². The topological polar surface area (TPSA) is 80.3 Å². The molecule has 0 aliphatic carbocycles. The lowest BCUT2D eigenvalue weighted by molar-refractivity contribution is -0.126. The maximum atomic E-state index is 12.0. The third-order valence-corrected chi connectivity index (χ3v) is 5.66. The predicted octanol–water partition coefficient (Wildman–Crippen LogP) is 2.79. The molecule has 2 aromatic rings. The van der Waals surface area contributed by atoms with Crippen molar-refractivity contribution in [1.29, 1.82) is 0 Å². The van der Waals surface area contributed by atoms with Crippen molar-refractivity contribution >= 4 is 16.9 Å². The molecule has 0 aromatic carbocycles. The first-order chi connectivity index (χ1) is 13.1. The quantitative estimate of drug-likeness (QED) is 0.837. The molecule has 2 fully saturated rings. The molecule has 1 amide bonds. The first kappa shape index (κ1) is 18.0. The van der Waals surface area contributed by atoms with Gasteiger partial charge >= 0.3 is 0 Å². The number of rotatable bonds is 4. The summed E-state index contributed by atoms with van der Waals surface area (Å²) < 4.78 is 12.0. The Hall–Kier alpha value is -2.41. The van der Waals surface area contributed by atoms with Gasteiger partial charge in [-0.25, -0.2) is 9.97 Å². The number of ether oxygens (including phenoxy) is 2. The number of aromatic amines is 1. The van der Waals surface area contributed by atoms with Crippen molar-refractivity contribution in [2.24, 2.45) is 0 Å². The van der Waals surface area contributed by atoms with E-state index in [4.69, 9.17) is 9.47 Å². The molecule has 4 atom stereocenters. The van der Waals surface area contributed by atoms with Crippen molar-refractivity contribution in [2.75, 3.05) is 13.2 Å². The summed E-state index contributed by atoms with van der Waals surface area (Å²) in [6, 6.07) is 0.125. The van der Waals surface area contributed by atoms with Crippen molar-refractivity contribution in [3.63, 3.8) is 0 Å². The summed E-state index contributed by atoms with van der Waals surface area (Å²) in [4.78, 5) is 25.8.